The lowest BCUT2D eigenvalue weighted by molar-refractivity contribution is -0.385. The van der Waals surface area contributed by atoms with E-state index in [1.54, 1.807) is 6.92 Å². The highest BCUT2D eigenvalue weighted by Crippen LogP contribution is 2.36. The lowest BCUT2D eigenvalue weighted by atomic mass is 10.1. The van der Waals surface area contributed by atoms with Crippen LogP contribution in [-0.2, 0) is 26.2 Å². The fraction of sp³-hybridized carbons (Fsp3) is 0.375. The summed E-state index contributed by atoms with van der Waals surface area (Å²) in [5.41, 5.74) is 1.59. The van der Waals surface area contributed by atoms with E-state index in [2.05, 4.69) is 5.32 Å². The Labute approximate surface area is 269 Å². The summed E-state index contributed by atoms with van der Waals surface area (Å²) in [6.07, 6.45) is 1.90. The SMILES string of the molecule is CCCCNC(=O)[C@@H](CC)N(Cc1ccc(C)cc1)C(=O)CN(c1cc(Cl)ccc1OC)S(=O)(=O)c1ccc(C)c([N+](=O)[O-])c1. The van der Waals surface area contributed by atoms with Crippen molar-refractivity contribution in [2.45, 2.75) is 64.4 Å². The summed E-state index contributed by atoms with van der Waals surface area (Å²) in [4.78, 5) is 39.6. The number of methoxy groups -OCH3 is 1. The Morgan fingerprint density at radius 3 is 2.33 bits per heavy atom. The van der Waals surface area contributed by atoms with Crippen LogP contribution in [0.2, 0.25) is 5.02 Å². The first-order valence-corrected chi connectivity index (χ1v) is 16.4. The second-order valence-electron chi connectivity index (χ2n) is 10.6. The Bertz CT molecular complexity index is 1630. The van der Waals surface area contributed by atoms with Crippen LogP contribution in [0.25, 0.3) is 0 Å². The van der Waals surface area contributed by atoms with Crippen LogP contribution in [0.1, 0.15) is 49.8 Å². The van der Waals surface area contributed by atoms with Gasteiger partial charge in [0.25, 0.3) is 15.7 Å². The van der Waals surface area contributed by atoms with Crippen LogP contribution in [-0.4, -0.2) is 56.3 Å². The van der Waals surface area contributed by atoms with Gasteiger partial charge >= 0.3 is 0 Å². The maximum atomic E-state index is 14.3. The third kappa shape index (κ3) is 8.73. The Morgan fingerprint density at radius 2 is 1.73 bits per heavy atom. The molecule has 3 rings (SSSR count). The van der Waals surface area contributed by atoms with Crippen LogP contribution in [0, 0.1) is 24.0 Å². The van der Waals surface area contributed by atoms with E-state index in [9.17, 15) is 28.1 Å². The van der Waals surface area contributed by atoms with E-state index < -0.39 is 44.0 Å². The maximum Gasteiger partial charge on any atom is 0.273 e. The van der Waals surface area contributed by atoms with E-state index in [0.717, 1.165) is 34.3 Å². The molecule has 0 saturated carbocycles. The molecule has 11 nitrogen and oxygen atoms in total. The first-order valence-electron chi connectivity index (χ1n) is 14.6. The number of amides is 2. The predicted octanol–water partition coefficient (Wildman–Crippen LogP) is 5.79. The van der Waals surface area contributed by atoms with Crippen LogP contribution >= 0.6 is 11.6 Å². The van der Waals surface area contributed by atoms with Gasteiger partial charge in [0.2, 0.25) is 11.8 Å². The number of ether oxygens (including phenoxy) is 1. The molecule has 0 aliphatic rings. The molecule has 1 N–H and O–H groups in total. The Balaban J connectivity index is 2.16. The molecule has 13 heteroatoms. The first kappa shape index (κ1) is 35.3. The van der Waals surface area contributed by atoms with Gasteiger partial charge in [0.1, 0.15) is 18.3 Å². The molecule has 0 aliphatic carbocycles. The molecule has 3 aromatic rings. The molecule has 2 amide bonds. The number of nitro benzene ring substituents is 1. The molecular formula is C32H39ClN4O7S. The summed E-state index contributed by atoms with van der Waals surface area (Å²) in [5, 5.41) is 14.7. The summed E-state index contributed by atoms with van der Waals surface area (Å²) in [6.45, 7) is 6.93. The quantitative estimate of drug-likeness (QED) is 0.124. The van der Waals surface area contributed by atoms with Gasteiger partial charge in [-0.3, -0.25) is 24.0 Å². The zero-order valence-electron chi connectivity index (χ0n) is 26.1. The van der Waals surface area contributed by atoms with Crippen molar-refractivity contribution < 1.29 is 27.7 Å². The molecule has 0 bridgehead atoms. The lowest BCUT2D eigenvalue weighted by Crippen LogP contribution is -2.52. The minimum Gasteiger partial charge on any atom is -0.495 e. The largest absolute Gasteiger partial charge is 0.495 e. The summed E-state index contributed by atoms with van der Waals surface area (Å²) in [6, 6.07) is 14.4. The summed E-state index contributed by atoms with van der Waals surface area (Å²) < 4.78 is 34.8. The highest BCUT2D eigenvalue weighted by Gasteiger charge is 2.35. The minimum absolute atomic E-state index is 0.0371. The summed E-state index contributed by atoms with van der Waals surface area (Å²) in [7, 11) is -3.27. The number of hydrogen-bond donors (Lipinski definition) is 1. The van der Waals surface area contributed by atoms with Crippen molar-refractivity contribution in [1.82, 2.24) is 10.2 Å². The maximum absolute atomic E-state index is 14.3. The Morgan fingerprint density at radius 1 is 1.04 bits per heavy atom. The number of benzene rings is 3. The lowest BCUT2D eigenvalue weighted by Gasteiger charge is -2.33. The van der Waals surface area contributed by atoms with Crippen molar-refractivity contribution in [3.8, 4) is 5.75 Å². The molecule has 0 saturated heterocycles. The number of unbranched alkanes of at least 4 members (excludes halogenated alkanes) is 1. The number of nitrogens with one attached hydrogen (secondary N) is 1. The van der Waals surface area contributed by atoms with Gasteiger partial charge in [-0.2, -0.15) is 0 Å². The smallest absolute Gasteiger partial charge is 0.273 e. The molecule has 0 aliphatic heterocycles. The van der Waals surface area contributed by atoms with Crippen molar-refractivity contribution in [3.05, 3.63) is 92.5 Å². The number of rotatable bonds is 15. The van der Waals surface area contributed by atoms with Gasteiger partial charge in [-0.1, -0.05) is 67.8 Å². The van der Waals surface area contributed by atoms with E-state index in [4.69, 9.17) is 16.3 Å². The van der Waals surface area contributed by atoms with Gasteiger partial charge in [0.15, 0.2) is 0 Å². The average Bonchev–Trinajstić information content (AvgIpc) is 3.00. The third-order valence-corrected chi connectivity index (χ3v) is 9.33. The fourth-order valence-corrected chi connectivity index (χ4v) is 6.36. The second-order valence-corrected chi connectivity index (χ2v) is 12.9. The summed E-state index contributed by atoms with van der Waals surface area (Å²) in [5.74, 6) is -0.914. The number of sulfonamides is 1. The van der Waals surface area contributed by atoms with Gasteiger partial charge in [0, 0.05) is 29.7 Å². The number of carbonyl (C=O) groups is 2. The first-order chi connectivity index (χ1) is 21.3. The zero-order chi connectivity index (χ0) is 33.3. The van der Waals surface area contributed by atoms with E-state index >= 15 is 0 Å². The zero-order valence-corrected chi connectivity index (χ0v) is 27.7. The van der Waals surface area contributed by atoms with Gasteiger partial charge in [-0.05, 0) is 56.5 Å². The Kier molecular flexibility index (Phi) is 12.3. The number of hydrogen-bond acceptors (Lipinski definition) is 7. The van der Waals surface area contributed by atoms with Gasteiger partial charge in [-0.25, -0.2) is 8.42 Å². The molecule has 1 atom stereocenters. The molecule has 45 heavy (non-hydrogen) atoms. The fourth-order valence-electron chi connectivity index (χ4n) is 4.76. The molecule has 0 fully saturated rings. The van der Waals surface area contributed by atoms with Gasteiger partial charge in [-0.15, -0.1) is 0 Å². The number of halogens is 1. The number of aryl methyl sites for hydroxylation is 2. The highest BCUT2D eigenvalue weighted by atomic mass is 35.5. The molecule has 0 heterocycles. The number of nitrogens with zero attached hydrogens (tertiary/aromatic N) is 3. The number of anilines is 1. The monoisotopic (exact) mass is 658 g/mol. The topological polar surface area (TPSA) is 139 Å². The molecule has 0 unspecified atom stereocenters. The number of carbonyl (C=O) groups excluding carboxylic acids is 2. The average molecular weight is 659 g/mol. The second kappa shape index (κ2) is 15.7. The van der Waals surface area contributed by atoms with Crippen molar-refractivity contribution in [2.75, 3.05) is 24.5 Å². The molecular weight excluding hydrogens is 620 g/mol. The predicted molar refractivity (Wildman–Crippen MR) is 174 cm³/mol. The van der Waals surface area contributed by atoms with Gasteiger partial charge < -0.3 is 15.0 Å². The van der Waals surface area contributed by atoms with Crippen molar-refractivity contribution in [2.24, 2.45) is 0 Å². The normalized spacial score (nSPS) is 11.9. The van der Waals surface area contributed by atoms with Crippen molar-refractivity contribution in [3.63, 3.8) is 0 Å². The highest BCUT2D eigenvalue weighted by molar-refractivity contribution is 7.92. The molecule has 0 spiro atoms. The van der Waals surface area contributed by atoms with E-state index in [1.165, 1.54) is 49.3 Å². The van der Waals surface area contributed by atoms with E-state index in [-0.39, 0.29) is 40.9 Å². The molecule has 0 aromatic heterocycles. The van der Waals surface area contributed by atoms with Crippen LogP contribution < -0.4 is 14.4 Å². The van der Waals surface area contributed by atoms with Crippen LogP contribution in [0.3, 0.4) is 0 Å². The van der Waals surface area contributed by atoms with Crippen molar-refractivity contribution >= 4 is 44.8 Å². The van der Waals surface area contributed by atoms with Crippen LogP contribution in [0.15, 0.2) is 65.6 Å². The molecule has 0 radical (unpaired) electrons. The third-order valence-electron chi connectivity index (χ3n) is 7.34. The molecule has 3 aromatic carbocycles. The van der Waals surface area contributed by atoms with E-state index in [1.807, 2.05) is 38.1 Å². The van der Waals surface area contributed by atoms with E-state index in [0.29, 0.717) is 6.54 Å². The van der Waals surface area contributed by atoms with Crippen molar-refractivity contribution in [1.29, 1.82) is 0 Å². The Hall–Kier alpha value is -4.16. The molecule has 242 valence electrons. The van der Waals surface area contributed by atoms with Gasteiger partial charge in [0.05, 0.1) is 22.6 Å². The van der Waals surface area contributed by atoms with Crippen LogP contribution in [0.5, 0.6) is 5.75 Å². The minimum atomic E-state index is -4.61. The summed E-state index contributed by atoms with van der Waals surface area (Å²) >= 11 is 6.28. The van der Waals surface area contributed by atoms with Crippen LogP contribution in [0.4, 0.5) is 11.4 Å². The standard InChI is InChI=1S/C32H39ClN4O7S/c1-6-8-17-34-32(39)27(7-2)35(20-24-12-9-22(3)10-13-24)31(38)21-36(29-18-25(33)14-16-30(29)44-5)45(42,43)26-15-11-23(4)28(19-26)37(40)41/h9-16,18-19,27H,6-8,17,20-21H2,1-5H3,(H,34,39)/t27-/m1/s1. The number of nitro groups is 1.